The van der Waals surface area contributed by atoms with Crippen LogP contribution in [-0.2, 0) is 18.3 Å². The predicted molar refractivity (Wildman–Crippen MR) is 63.1 cm³/mol. The minimum Gasteiger partial charge on any atom is -0.354 e. The summed E-state index contributed by atoms with van der Waals surface area (Å²) >= 11 is 0. The van der Waals surface area contributed by atoms with E-state index in [-0.39, 0.29) is 5.91 Å². The van der Waals surface area contributed by atoms with Gasteiger partial charge >= 0.3 is 0 Å². The fourth-order valence-corrected chi connectivity index (χ4v) is 1.26. The molecule has 0 aliphatic heterocycles. The van der Waals surface area contributed by atoms with Gasteiger partial charge in [0, 0.05) is 32.4 Å². The lowest BCUT2D eigenvalue weighted by molar-refractivity contribution is -0.126. The molecule has 0 aliphatic carbocycles. The first-order chi connectivity index (χ1) is 7.47. The third-order valence-corrected chi connectivity index (χ3v) is 2.75. The van der Waals surface area contributed by atoms with Crippen LogP contribution in [0.15, 0.2) is 12.4 Å². The fraction of sp³-hybridized carbons (Fsp3) is 0.636. The van der Waals surface area contributed by atoms with Gasteiger partial charge in [0.25, 0.3) is 0 Å². The van der Waals surface area contributed by atoms with Crippen LogP contribution in [0, 0.1) is 0 Å². The number of carbonyl (C=O) groups is 1. The zero-order valence-electron chi connectivity index (χ0n) is 10.4. The molecule has 1 amide bonds. The van der Waals surface area contributed by atoms with E-state index in [9.17, 15) is 4.79 Å². The summed E-state index contributed by atoms with van der Waals surface area (Å²) in [6.45, 7) is 4.31. The van der Waals surface area contributed by atoms with Crippen LogP contribution < -0.4 is 10.6 Å². The molecule has 16 heavy (non-hydrogen) atoms. The third-order valence-electron chi connectivity index (χ3n) is 2.75. The Bertz CT molecular complexity index is 357. The molecule has 1 aromatic rings. The van der Waals surface area contributed by atoms with E-state index in [4.69, 9.17) is 0 Å². The van der Waals surface area contributed by atoms with Crippen molar-refractivity contribution >= 4 is 5.91 Å². The quantitative estimate of drug-likeness (QED) is 0.744. The lowest BCUT2D eigenvalue weighted by Crippen LogP contribution is -2.51. The molecule has 0 aliphatic rings. The SMILES string of the molecule is CNC(C)(C)C(=O)NCCc1nccn1C. The topological polar surface area (TPSA) is 59.0 Å². The highest BCUT2D eigenvalue weighted by molar-refractivity contribution is 5.85. The van der Waals surface area contributed by atoms with Crippen LogP contribution in [-0.4, -0.2) is 34.6 Å². The number of nitrogens with one attached hydrogen (secondary N) is 2. The molecule has 0 bridgehead atoms. The number of carbonyl (C=O) groups excluding carboxylic acids is 1. The van der Waals surface area contributed by atoms with Gasteiger partial charge in [0.2, 0.25) is 5.91 Å². The fourth-order valence-electron chi connectivity index (χ4n) is 1.26. The summed E-state index contributed by atoms with van der Waals surface area (Å²) in [6, 6.07) is 0. The van der Waals surface area contributed by atoms with Crippen molar-refractivity contribution in [3.05, 3.63) is 18.2 Å². The molecule has 1 aromatic heterocycles. The van der Waals surface area contributed by atoms with Crippen molar-refractivity contribution in [3.63, 3.8) is 0 Å². The average molecular weight is 224 g/mol. The largest absolute Gasteiger partial charge is 0.354 e. The highest BCUT2D eigenvalue weighted by Gasteiger charge is 2.24. The minimum absolute atomic E-state index is 0.00390. The zero-order chi connectivity index (χ0) is 12.2. The normalized spacial score (nSPS) is 11.5. The Kier molecular flexibility index (Phi) is 4.06. The van der Waals surface area contributed by atoms with Gasteiger partial charge in [-0.1, -0.05) is 0 Å². The molecule has 0 aromatic carbocycles. The number of imidazole rings is 1. The van der Waals surface area contributed by atoms with Gasteiger partial charge in [-0.25, -0.2) is 4.98 Å². The molecule has 5 heteroatoms. The van der Waals surface area contributed by atoms with E-state index in [1.54, 1.807) is 13.2 Å². The number of likely N-dealkylation sites (N-methyl/N-ethyl adjacent to an activating group) is 1. The van der Waals surface area contributed by atoms with Crippen molar-refractivity contribution in [2.24, 2.45) is 7.05 Å². The smallest absolute Gasteiger partial charge is 0.239 e. The van der Waals surface area contributed by atoms with E-state index in [1.165, 1.54) is 0 Å². The van der Waals surface area contributed by atoms with Crippen LogP contribution >= 0.6 is 0 Å². The summed E-state index contributed by atoms with van der Waals surface area (Å²) < 4.78 is 1.95. The van der Waals surface area contributed by atoms with E-state index < -0.39 is 5.54 Å². The highest BCUT2D eigenvalue weighted by atomic mass is 16.2. The van der Waals surface area contributed by atoms with Crippen LogP contribution in [0.25, 0.3) is 0 Å². The van der Waals surface area contributed by atoms with Crippen molar-refractivity contribution in [1.82, 2.24) is 20.2 Å². The van der Waals surface area contributed by atoms with Gasteiger partial charge in [-0.2, -0.15) is 0 Å². The number of nitrogens with zero attached hydrogens (tertiary/aromatic N) is 2. The maximum atomic E-state index is 11.7. The van der Waals surface area contributed by atoms with Gasteiger partial charge in [0.15, 0.2) is 0 Å². The van der Waals surface area contributed by atoms with Crippen molar-refractivity contribution in [3.8, 4) is 0 Å². The predicted octanol–water partition coefficient (Wildman–Crippen LogP) is 0.0768. The number of amides is 1. The minimum atomic E-state index is -0.526. The van der Waals surface area contributed by atoms with E-state index in [1.807, 2.05) is 31.7 Å². The molecule has 0 fully saturated rings. The van der Waals surface area contributed by atoms with Gasteiger partial charge in [0.1, 0.15) is 5.82 Å². The van der Waals surface area contributed by atoms with Crippen LogP contribution in [0.2, 0.25) is 0 Å². The summed E-state index contributed by atoms with van der Waals surface area (Å²) in [5.74, 6) is 0.978. The van der Waals surface area contributed by atoms with Crippen molar-refractivity contribution < 1.29 is 4.79 Å². The molecule has 2 N–H and O–H groups in total. The Balaban J connectivity index is 2.37. The molecular formula is C11H20N4O. The van der Waals surface area contributed by atoms with Gasteiger partial charge < -0.3 is 15.2 Å². The van der Waals surface area contributed by atoms with Gasteiger partial charge in [-0.05, 0) is 20.9 Å². The second-order valence-corrected chi connectivity index (χ2v) is 4.34. The number of aryl methyl sites for hydroxylation is 1. The van der Waals surface area contributed by atoms with E-state index in [0.29, 0.717) is 6.54 Å². The van der Waals surface area contributed by atoms with E-state index in [2.05, 4.69) is 15.6 Å². The van der Waals surface area contributed by atoms with Crippen molar-refractivity contribution in [1.29, 1.82) is 0 Å². The first kappa shape index (κ1) is 12.7. The molecule has 90 valence electrons. The summed E-state index contributed by atoms with van der Waals surface area (Å²) in [4.78, 5) is 15.9. The maximum Gasteiger partial charge on any atom is 0.239 e. The van der Waals surface area contributed by atoms with Crippen molar-refractivity contribution in [2.45, 2.75) is 25.8 Å². The molecule has 5 nitrogen and oxygen atoms in total. The lowest BCUT2D eigenvalue weighted by atomic mass is 10.1. The summed E-state index contributed by atoms with van der Waals surface area (Å²) in [5, 5.41) is 5.85. The first-order valence-corrected chi connectivity index (χ1v) is 5.41. The number of hydrogen-bond acceptors (Lipinski definition) is 3. The first-order valence-electron chi connectivity index (χ1n) is 5.41. The van der Waals surface area contributed by atoms with Crippen LogP contribution in [0.3, 0.4) is 0 Å². The standard InChI is InChI=1S/C11H20N4O/c1-11(2,12-3)10(16)14-6-5-9-13-7-8-15(9)4/h7-8,12H,5-6H2,1-4H3,(H,14,16). The molecule has 1 rings (SSSR count). The van der Waals surface area contributed by atoms with Crippen molar-refractivity contribution in [2.75, 3.05) is 13.6 Å². The van der Waals surface area contributed by atoms with Crippen LogP contribution in [0.5, 0.6) is 0 Å². The summed E-state index contributed by atoms with van der Waals surface area (Å²) in [7, 11) is 3.72. The lowest BCUT2D eigenvalue weighted by Gasteiger charge is -2.22. The molecule has 0 spiro atoms. The van der Waals surface area contributed by atoms with E-state index in [0.717, 1.165) is 12.2 Å². The Hall–Kier alpha value is -1.36. The molecule has 1 heterocycles. The second-order valence-electron chi connectivity index (χ2n) is 4.34. The van der Waals surface area contributed by atoms with Gasteiger partial charge in [-0.3, -0.25) is 4.79 Å². The monoisotopic (exact) mass is 224 g/mol. The Morgan fingerprint density at radius 3 is 2.75 bits per heavy atom. The van der Waals surface area contributed by atoms with Crippen LogP contribution in [0.1, 0.15) is 19.7 Å². The molecule has 0 saturated carbocycles. The Morgan fingerprint density at radius 2 is 2.25 bits per heavy atom. The Morgan fingerprint density at radius 1 is 1.56 bits per heavy atom. The van der Waals surface area contributed by atoms with Gasteiger partial charge in [-0.15, -0.1) is 0 Å². The molecule has 0 unspecified atom stereocenters. The average Bonchev–Trinajstić information content (AvgIpc) is 2.64. The molecular weight excluding hydrogens is 204 g/mol. The van der Waals surface area contributed by atoms with E-state index >= 15 is 0 Å². The van der Waals surface area contributed by atoms with Crippen LogP contribution in [0.4, 0.5) is 0 Å². The Labute approximate surface area is 96.3 Å². The molecule has 0 atom stereocenters. The number of aromatic nitrogens is 2. The summed E-state index contributed by atoms with van der Waals surface area (Å²) in [5.41, 5.74) is -0.526. The number of hydrogen-bond donors (Lipinski definition) is 2. The maximum absolute atomic E-state index is 11.7. The number of rotatable bonds is 5. The van der Waals surface area contributed by atoms with Gasteiger partial charge in [0.05, 0.1) is 5.54 Å². The third kappa shape index (κ3) is 3.06. The second kappa shape index (κ2) is 5.12. The zero-order valence-corrected chi connectivity index (χ0v) is 10.4. The molecule has 0 saturated heterocycles. The highest BCUT2D eigenvalue weighted by Crippen LogP contribution is 2.00. The summed E-state index contributed by atoms with van der Waals surface area (Å²) in [6.07, 6.45) is 4.40. The molecule has 0 radical (unpaired) electrons.